The molecule has 1 unspecified atom stereocenters. The van der Waals surface area contributed by atoms with Gasteiger partial charge in [-0.05, 0) is 117 Å². The van der Waals surface area contributed by atoms with Gasteiger partial charge in [0.05, 0.1) is 7.11 Å². The van der Waals surface area contributed by atoms with E-state index >= 15 is 0 Å². The Balaban J connectivity index is 1.17. The van der Waals surface area contributed by atoms with E-state index in [-0.39, 0.29) is 0 Å². The molecule has 5 rings (SSSR count). The highest BCUT2D eigenvalue weighted by Crippen LogP contribution is 2.38. The zero-order valence-corrected chi connectivity index (χ0v) is 23.3. The third-order valence-corrected chi connectivity index (χ3v) is 8.46. The highest BCUT2D eigenvalue weighted by molar-refractivity contribution is 5.56. The van der Waals surface area contributed by atoms with Gasteiger partial charge in [0, 0.05) is 25.3 Å². The van der Waals surface area contributed by atoms with Gasteiger partial charge in [-0.15, -0.1) is 0 Å². The van der Waals surface area contributed by atoms with Crippen LogP contribution in [0.5, 0.6) is 11.5 Å². The maximum atomic E-state index is 6.04. The molecular formula is C34H44N2O2. The Kier molecular flexibility index (Phi) is 9.24. The third-order valence-electron chi connectivity index (χ3n) is 8.46. The van der Waals surface area contributed by atoms with Gasteiger partial charge < -0.3 is 14.4 Å². The average Bonchev–Trinajstić information content (AvgIpc) is 2.98. The number of ether oxygens (including phenoxy) is 2. The molecule has 4 heteroatoms. The number of nitrogens with zero attached hydrogens (tertiary/aromatic N) is 2. The number of rotatable bonds is 11. The van der Waals surface area contributed by atoms with E-state index in [0.29, 0.717) is 5.92 Å². The van der Waals surface area contributed by atoms with E-state index < -0.39 is 0 Å². The van der Waals surface area contributed by atoms with E-state index in [2.05, 4.69) is 83.5 Å². The van der Waals surface area contributed by atoms with E-state index in [9.17, 15) is 0 Å². The van der Waals surface area contributed by atoms with Gasteiger partial charge in [0.1, 0.15) is 18.1 Å². The maximum absolute atomic E-state index is 6.04. The maximum Gasteiger partial charge on any atom is 0.119 e. The highest BCUT2D eigenvalue weighted by atomic mass is 16.5. The molecule has 0 N–H and O–H groups in total. The van der Waals surface area contributed by atoms with Gasteiger partial charge in [-0.25, -0.2) is 0 Å². The summed E-state index contributed by atoms with van der Waals surface area (Å²) in [5.74, 6) is 2.51. The molecule has 4 nitrogen and oxygen atoms in total. The second kappa shape index (κ2) is 13.2. The summed E-state index contributed by atoms with van der Waals surface area (Å²) in [6, 6.07) is 24.4. The predicted octanol–water partition coefficient (Wildman–Crippen LogP) is 6.90. The lowest BCUT2D eigenvalue weighted by Gasteiger charge is -2.31. The van der Waals surface area contributed by atoms with E-state index in [1.54, 1.807) is 7.11 Å². The van der Waals surface area contributed by atoms with Gasteiger partial charge in [0.2, 0.25) is 0 Å². The van der Waals surface area contributed by atoms with Crippen molar-refractivity contribution in [2.24, 2.45) is 0 Å². The van der Waals surface area contributed by atoms with Crippen LogP contribution in [0.25, 0.3) is 0 Å². The number of likely N-dealkylation sites (tertiary alicyclic amines) is 1. The number of likely N-dealkylation sites (N-methyl/N-ethyl adjacent to an activating group) is 1. The van der Waals surface area contributed by atoms with E-state index in [0.717, 1.165) is 57.0 Å². The summed E-state index contributed by atoms with van der Waals surface area (Å²) in [4.78, 5) is 5.08. The topological polar surface area (TPSA) is 24.9 Å². The van der Waals surface area contributed by atoms with Crippen molar-refractivity contribution in [2.45, 2.75) is 57.8 Å². The standard InChI is InChI=1S/C34H44N2O2/c1-3-36(22-19-27-11-16-31(17-12-27)38-24-23-35-20-7-4-8-21-35)34-10-6-5-9-33(34)30-14-13-29-26-32(37-2)18-15-28(29)25-30/h5-6,9-12,15-18,26,30H,3-4,7-8,13-14,19-25H2,1-2H3. The Labute approximate surface area is 229 Å². The molecule has 0 amide bonds. The molecule has 0 bridgehead atoms. The fourth-order valence-electron chi connectivity index (χ4n) is 6.19. The Hall–Kier alpha value is -2.98. The van der Waals surface area contributed by atoms with Crippen LogP contribution in [0.15, 0.2) is 66.7 Å². The third kappa shape index (κ3) is 6.71. The molecule has 1 fully saturated rings. The summed E-state index contributed by atoms with van der Waals surface area (Å²) in [6.07, 6.45) is 8.48. The van der Waals surface area contributed by atoms with Crippen LogP contribution in [0.3, 0.4) is 0 Å². The Bertz CT molecular complexity index is 1150. The molecule has 1 aliphatic carbocycles. The average molecular weight is 513 g/mol. The molecule has 0 saturated carbocycles. The van der Waals surface area contributed by atoms with Crippen molar-refractivity contribution in [3.63, 3.8) is 0 Å². The first-order valence-electron chi connectivity index (χ1n) is 14.7. The molecule has 0 radical (unpaired) electrons. The lowest BCUT2D eigenvalue weighted by Crippen LogP contribution is -2.33. The summed E-state index contributed by atoms with van der Waals surface area (Å²) >= 11 is 0. The minimum Gasteiger partial charge on any atom is -0.497 e. The van der Waals surface area contributed by atoms with Crippen molar-refractivity contribution >= 4 is 5.69 Å². The van der Waals surface area contributed by atoms with Crippen LogP contribution in [0, 0.1) is 0 Å². The molecule has 38 heavy (non-hydrogen) atoms. The predicted molar refractivity (Wildman–Crippen MR) is 158 cm³/mol. The zero-order chi connectivity index (χ0) is 26.2. The van der Waals surface area contributed by atoms with Gasteiger partial charge in [-0.1, -0.05) is 42.8 Å². The number of anilines is 1. The van der Waals surface area contributed by atoms with Crippen LogP contribution in [-0.4, -0.2) is 51.3 Å². The summed E-state index contributed by atoms with van der Waals surface area (Å²) in [6.45, 7) is 8.56. The molecule has 1 saturated heterocycles. The van der Waals surface area contributed by atoms with Gasteiger partial charge >= 0.3 is 0 Å². The molecule has 1 aliphatic heterocycles. The number of piperidine rings is 1. The van der Waals surface area contributed by atoms with Crippen LogP contribution < -0.4 is 14.4 Å². The minimum absolute atomic E-state index is 0.558. The first-order valence-corrected chi connectivity index (χ1v) is 14.7. The van der Waals surface area contributed by atoms with Crippen LogP contribution >= 0.6 is 0 Å². The van der Waals surface area contributed by atoms with Crippen molar-refractivity contribution in [1.82, 2.24) is 4.90 Å². The lowest BCUT2D eigenvalue weighted by atomic mass is 9.79. The number of benzene rings is 3. The fraction of sp³-hybridized carbons (Fsp3) is 0.471. The van der Waals surface area contributed by atoms with Crippen LogP contribution in [0.1, 0.15) is 60.8 Å². The van der Waals surface area contributed by atoms with Crippen LogP contribution in [0.2, 0.25) is 0 Å². The smallest absolute Gasteiger partial charge is 0.119 e. The monoisotopic (exact) mass is 512 g/mol. The van der Waals surface area contributed by atoms with E-state index in [1.807, 2.05) is 0 Å². The minimum atomic E-state index is 0.558. The highest BCUT2D eigenvalue weighted by Gasteiger charge is 2.24. The first-order chi connectivity index (χ1) is 18.7. The molecule has 1 atom stereocenters. The van der Waals surface area contributed by atoms with Gasteiger partial charge in [0.15, 0.2) is 0 Å². The quantitative estimate of drug-likeness (QED) is 0.279. The molecule has 0 spiro atoms. The molecule has 3 aromatic rings. The summed E-state index contributed by atoms with van der Waals surface area (Å²) in [7, 11) is 1.75. The summed E-state index contributed by atoms with van der Waals surface area (Å²) in [5.41, 5.74) is 7.18. The second-order valence-electron chi connectivity index (χ2n) is 10.9. The first kappa shape index (κ1) is 26.6. The summed E-state index contributed by atoms with van der Waals surface area (Å²) in [5, 5.41) is 0. The molecular weight excluding hydrogens is 468 g/mol. The van der Waals surface area contributed by atoms with Crippen molar-refractivity contribution in [3.05, 3.63) is 89.0 Å². The number of hydrogen-bond donors (Lipinski definition) is 0. The van der Waals surface area contributed by atoms with E-state index in [1.165, 1.54) is 66.7 Å². The Morgan fingerprint density at radius 2 is 1.68 bits per heavy atom. The fourth-order valence-corrected chi connectivity index (χ4v) is 6.19. The Morgan fingerprint density at radius 3 is 2.47 bits per heavy atom. The summed E-state index contributed by atoms with van der Waals surface area (Å²) < 4.78 is 11.5. The molecule has 0 aromatic heterocycles. The SMILES string of the molecule is CCN(CCc1ccc(OCCN2CCCCC2)cc1)c1ccccc1C1CCc2cc(OC)ccc2C1. The normalized spacial score (nSPS) is 17.6. The largest absolute Gasteiger partial charge is 0.497 e. The van der Waals surface area contributed by atoms with Crippen molar-refractivity contribution in [2.75, 3.05) is 51.3 Å². The van der Waals surface area contributed by atoms with Crippen LogP contribution in [0.4, 0.5) is 5.69 Å². The van der Waals surface area contributed by atoms with Gasteiger partial charge in [0.25, 0.3) is 0 Å². The number of fused-ring (bicyclic) bond motifs is 1. The number of aryl methyl sites for hydroxylation is 1. The number of methoxy groups -OCH3 is 1. The molecule has 2 aliphatic rings. The van der Waals surface area contributed by atoms with Gasteiger partial charge in [-0.2, -0.15) is 0 Å². The lowest BCUT2D eigenvalue weighted by molar-refractivity contribution is 0.183. The van der Waals surface area contributed by atoms with Crippen molar-refractivity contribution < 1.29 is 9.47 Å². The molecule has 3 aromatic carbocycles. The number of para-hydroxylation sites is 1. The van der Waals surface area contributed by atoms with E-state index in [4.69, 9.17) is 9.47 Å². The van der Waals surface area contributed by atoms with Crippen LogP contribution in [-0.2, 0) is 19.3 Å². The zero-order valence-electron chi connectivity index (χ0n) is 23.3. The number of hydrogen-bond acceptors (Lipinski definition) is 4. The Morgan fingerprint density at radius 1 is 0.895 bits per heavy atom. The molecule has 1 heterocycles. The molecule has 202 valence electrons. The second-order valence-corrected chi connectivity index (χ2v) is 10.9. The van der Waals surface area contributed by atoms with Crippen molar-refractivity contribution in [3.8, 4) is 11.5 Å². The van der Waals surface area contributed by atoms with Crippen molar-refractivity contribution in [1.29, 1.82) is 0 Å². The van der Waals surface area contributed by atoms with Gasteiger partial charge in [-0.3, -0.25) is 4.90 Å².